The molecule has 0 aliphatic heterocycles. The normalized spacial score (nSPS) is 30.4. The number of nitrogens with two attached hydrogens (primary N) is 2. The largest absolute Gasteiger partial charge is 0.495 e. The van der Waals surface area contributed by atoms with Crippen molar-refractivity contribution in [2.75, 3.05) is 6.54 Å². The molecule has 0 saturated heterocycles. The molecule has 0 heterocycles. The molecule has 2 amide bonds. The van der Waals surface area contributed by atoms with Crippen molar-refractivity contribution >= 4 is 6.03 Å². The van der Waals surface area contributed by atoms with Gasteiger partial charge in [0, 0.05) is 24.4 Å². The van der Waals surface area contributed by atoms with Crippen molar-refractivity contribution in [3.8, 4) is 0 Å². The van der Waals surface area contributed by atoms with Gasteiger partial charge in [-0.2, -0.15) is 0 Å². The summed E-state index contributed by atoms with van der Waals surface area (Å²) in [6, 6.07) is -0.153. The van der Waals surface area contributed by atoms with E-state index in [1.807, 2.05) is 0 Å². The van der Waals surface area contributed by atoms with E-state index in [-0.39, 0.29) is 11.5 Å². The Morgan fingerprint density at radius 1 is 1.36 bits per heavy atom. The fourth-order valence-corrected chi connectivity index (χ4v) is 4.24. The van der Waals surface area contributed by atoms with E-state index >= 15 is 0 Å². The summed E-state index contributed by atoms with van der Waals surface area (Å²) in [5, 5.41) is 2.85. The van der Waals surface area contributed by atoms with Crippen LogP contribution in [0.25, 0.3) is 0 Å². The van der Waals surface area contributed by atoms with E-state index in [0.29, 0.717) is 18.5 Å². The van der Waals surface area contributed by atoms with Crippen LogP contribution in [0.15, 0.2) is 24.0 Å². The maximum absolute atomic E-state index is 11.3. The van der Waals surface area contributed by atoms with Gasteiger partial charge in [-0.05, 0) is 50.5 Å². The number of hydrogen-bond donors (Lipinski definition) is 3. The van der Waals surface area contributed by atoms with Crippen LogP contribution in [0.1, 0.15) is 65.2 Å². The summed E-state index contributed by atoms with van der Waals surface area (Å²) >= 11 is 0. The van der Waals surface area contributed by atoms with Gasteiger partial charge in [0.1, 0.15) is 0 Å². The Kier molecular flexibility index (Phi) is 7.36. The molecule has 0 bridgehead atoms. The van der Waals surface area contributed by atoms with Crippen molar-refractivity contribution in [2.24, 2.45) is 22.8 Å². The Balaban J connectivity index is 2.11. The highest BCUT2D eigenvalue weighted by molar-refractivity contribution is 5.71. The summed E-state index contributed by atoms with van der Waals surface area (Å²) in [6.07, 6.45) is 15.0. The number of primary amides is 1. The van der Waals surface area contributed by atoms with Gasteiger partial charge >= 0.3 is 6.03 Å². The molecule has 5 nitrogen and oxygen atoms in total. The van der Waals surface area contributed by atoms with E-state index in [4.69, 9.17) is 16.2 Å². The first kappa shape index (κ1) is 19.8. The van der Waals surface area contributed by atoms with Crippen molar-refractivity contribution in [2.45, 2.75) is 77.4 Å². The van der Waals surface area contributed by atoms with Crippen molar-refractivity contribution in [3.63, 3.8) is 0 Å². The fourth-order valence-electron chi connectivity index (χ4n) is 4.24. The predicted molar refractivity (Wildman–Crippen MR) is 102 cm³/mol. The minimum Gasteiger partial charge on any atom is -0.495 e. The molecule has 5 N–H and O–H groups in total. The fraction of sp³-hybridized carbons (Fsp3) is 0.750. The Morgan fingerprint density at radius 2 is 2.08 bits per heavy atom. The lowest BCUT2D eigenvalue weighted by molar-refractivity contribution is 0.0668. The number of carbonyl (C=O) groups excluding carboxylic acids is 1. The topological polar surface area (TPSA) is 90.4 Å². The van der Waals surface area contributed by atoms with E-state index < -0.39 is 6.03 Å². The van der Waals surface area contributed by atoms with Gasteiger partial charge in [0.15, 0.2) is 0 Å². The third-order valence-corrected chi connectivity index (χ3v) is 5.77. The predicted octanol–water partition coefficient (Wildman–Crippen LogP) is 3.60. The minimum atomic E-state index is -0.463. The summed E-state index contributed by atoms with van der Waals surface area (Å²) in [5.74, 6) is 1.53. The number of rotatable bonds is 8. The zero-order valence-corrected chi connectivity index (χ0v) is 15.8. The number of nitrogens with one attached hydrogen (secondary N) is 1. The second-order valence-corrected chi connectivity index (χ2v) is 7.67. The highest BCUT2D eigenvalue weighted by atomic mass is 16.5. The second-order valence-electron chi connectivity index (χ2n) is 7.67. The maximum atomic E-state index is 11.3. The Bertz CT molecular complexity index is 495. The quantitative estimate of drug-likeness (QED) is 0.625. The molecular weight excluding hydrogens is 314 g/mol. The van der Waals surface area contributed by atoms with Gasteiger partial charge in [0.2, 0.25) is 0 Å². The van der Waals surface area contributed by atoms with Crippen LogP contribution in [0.4, 0.5) is 4.79 Å². The van der Waals surface area contributed by atoms with Gasteiger partial charge < -0.3 is 21.5 Å². The first-order valence-electron chi connectivity index (χ1n) is 9.83. The summed E-state index contributed by atoms with van der Waals surface area (Å²) in [4.78, 5) is 11.3. The van der Waals surface area contributed by atoms with Gasteiger partial charge in [-0.15, -0.1) is 0 Å². The zero-order valence-electron chi connectivity index (χ0n) is 15.8. The van der Waals surface area contributed by atoms with Crippen LogP contribution < -0.4 is 16.8 Å². The zero-order chi connectivity index (χ0) is 18.3. The Hall–Kier alpha value is -1.49. The van der Waals surface area contributed by atoms with Gasteiger partial charge in [-0.1, -0.05) is 32.4 Å². The standard InChI is InChI=1S/C20H35N3O2/c1-3-6-17(4-2)25-18-7-5-12-20(13-18,14-23-19(22)24)15-8-10-16(21)11-9-15/h5,7,12,15-17H,3-4,6,8-11,13-14,21H2,1-2H3,(H3,22,23,24)/t15-,16-,17?,20?. The van der Waals surface area contributed by atoms with Crippen molar-refractivity contribution in [1.29, 1.82) is 0 Å². The monoisotopic (exact) mass is 349 g/mol. The minimum absolute atomic E-state index is 0.121. The van der Waals surface area contributed by atoms with Crippen LogP contribution in [0, 0.1) is 11.3 Å². The van der Waals surface area contributed by atoms with Crippen LogP contribution in [-0.4, -0.2) is 24.7 Å². The number of hydrogen-bond acceptors (Lipinski definition) is 3. The summed E-state index contributed by atoms with van der Waals surface area (Å²) < 4.78 is 6.30. The van der Waals surface area contributed by atoms with Crippen LogP contribution in [0.2, 0.25) is 0 Å². The molecule has 2 aliphatic rings. The highest BCUT2D eigenvalue weighted by Gasteiger charge is 2.40. The van der Waals surface area contributed by atoms with Crippen molar-refractivity contribution in [3.05, 3.63) is 24.0 Å². The van der Waals surface area contributed by atoms with Crippen LogP contribution in [-0.2, 0) is 4.74 Å². The van der Waals surface area contributed by atoms with E-state index in [2.05, 4.69) is 37.4 Å². The molecule has 0 spiro atoms. The molecule has 25 heavy (non-hydrogen) atoms. The average molecular weight is 350 g/mol. The summed E-state index contributed by atoms with van der Waals surface area (Å²) in [5.41, 5.74) is 11.3. The molecule has 5 heteroatoms. The van der Waals surface area contributed by atoms with Crippen molar-refractivity contribution in [1.82, 2.24) is 5.32 Å². The molecule has 2 rings (SSSR count). The molecule has 142 valence electrons. The number of allylic oxidation sites excluding steroid dienone is 3. The lowest BCUT2D eigenvalue weighted by Crippen LogP contribution is -2.46. The first-order valence-corrected chi connectivity index (χ1v) is 9.83. The van der Waals surface area contributed by atoms with E-state index in [1.54, 1.807) is 0 Å². The molecule has 0 radical (unpaired) electrons. The molecule has 0 aromatic heterocycles. The Labute approximate surface area is 152 Å². The number of ether oxygens (including phenoxy) is 1. The third kappa shape index (κ3) is 5.50. The SMILES string of the molecule is CCCC(CC)OC1=CC=CC(CNC(N)=O)([C@H]2CC[C@H](N)CC2)C1. The summed E-state index contributed by atoms with van der Waals surface area (Å²) in [7, 11) is 0. The second kappa shape index (κ2) is 9.27. The van der Waals surface area contributed by atoms with Crippen molar-refractivity contribution < 1.29 is 9.53 Å². The first-order chi connectivity index (χ1) is 12.0. The molecule has 0 aromatic rings. The van der Waals surface area contributed by atoms with Gasteiger partial charge in [0.25, 0.3) is 0 Å². The van der Waals surface area contributed by atoms with Crippen LogP contribution in [0.3, 0.4) is 0 Å². The van der Waals surface area contributed by atoms with Gasteiger partial charge in [-0.3, -0.25) is 0 Å². The van der Waals surface area contributed by atoms with Gasteiger partial charge in [-0.25, -0.2) is 4.79 Å². The molecule has 2 atom stereocenters. The molecule has 2 unspecified atom stereocenters. The molecule has 0 aromatic carbocycles. The summed E-state index contributed by atoms with van der Waals surface area (Å²) in [6.45, 7) is 4.92. The Morgan fingerprint density at radius 3 is 2.68 bits per heavy atom. The molecular formula is C20H35N3O2. The van der Waals surface area contributed by atoms with E-state index in [0.717, 1.165) is 57.1 Å². The smallest absolute Gasteiger partial charge is 0.312 e. The number of amides is 2. The lowest BCUT2D eigenvalue weighted by Gasteiger charge is -2.43. The third-order valence-electron chi connectivity index (χ3n) is 5.77. The maximum Gasteiger partial charge on any atom is 0.312 e. The molecule has 1 fully saturated rings. The average Bonchev–Trinajstić information content (AvgIpc) is 2.60. The van der Waals surface area contributed by atoms with Crippen LogP contribution in [0.5, 0.6) is 0 Å². The lowest BCUT2D eigenvalue weighted by atomic mass is 9.64. The van der Waals surface area contributed by atoms with E-state index in [9.17, 15) is 4.79 Å². The number of carbonyl (C=O) groups is 1. The number of urea groups is 1. The van der Waals surface area contributed by atoms with Crippen LogP contribution >= 0.6 is 0 Å². The highest BCUT2D eigenvalue weighted by Crippen LogP contribution is 2.45. The van der Waals surface area contributed by atoms with E-state index in [1.165, 1.54) is 0 Å². The van der Waals surface area contributed by atoms with Gasteiger partial charge in [0.05, 0.1) is 11.9 Å². The molecule has 2 aliphatic carbocycles. The molecule has 1 saturated carbocycles.